The summed E-state index contributed by atoms with van der Waals surface area (Å²) in [7, 11) is 2.29. The predicted molar refractivity (Wildman–Crippen MR) is 62.7 cm³/mol. The molecule has 0 aromatic heterocycles. The molecule has 0 aromatic rings. The van der Waals surface area contributed by atoms with Gasteiger partial charge in [-0.3, -0.25) is 0 Å². The first-order chi connectivity index (χ1) is 6.84. The van der Waals surface area contributed by atoms with E-state index in [1.807, 2.05) is 0 Å². The highest BCUT2D eigenvalue weighted by atomic mass is 15.1. The number of hydrogen-bond acceptors (Lipinski definition) is 2. The van der Waals surface area contributed by atoms with E-state index in [1.54, 1.807) is 0 Å². The second kappa shape index (κ2) is 7.24. The molecule has 1 aliphatic rings. The van der Waals surface area contributed by atoms with E-state index in [4.69, 9.17) is 0 Å². The number of rotatable bonds is 7. The molecule has 1 rings (SSSR count). The summed E-state index contributed by atoms with van der Waals surface area (Å²) in [5, 5.41) is 3.45. The Bertz CT molecular complexity index is 130. The van der Waals surface area contributed by atoms with Crippen molar-refractivity contribution in [3.05, 3.63) is 0 Å². The average Bonchev–Trinajstić information content (AvgIpc) is 2.70. The minimum absolute atomic E-state index is 0.890. The Balaban J connectivity index is 1.94. The van der Waals surface area contributed by atoms with E-state index in [0.29, 0.717) is 0 Å². The smallest absolute Gasteiger partial charge is 0.00922 e. The van der Waals surface area contributed by atoms with Crippen LogP contribution in [0.2, 0.25) is 0 Å². The van der Waals surface area contributed by atoms with E-state index in [-0.39, 0.29) is 0 Å². The van der Waals surface area contributed by atoms with Gasteiger partial charge in [-0.2, -0.15) is 0 Å². The quantitative estimate of drug-likeness (QED) is 0.631. The Morgan fingerprint density at radius 2 is 1.93 bits per heavy atom. The van der Waals surface area contributed by atoms with Crippen LogP contribution in [0.1, 0.15) is 45.4 Å². The van der Waals surface area contributed by atoms with E-state index in [0.717, 1.165) is 6.04 Å². The molecule has 0 atom stereocenters. The Hall–Kier alpha value is -0.0800. The van der Waals surface area contributed by atoms with Crippen LogP contribution < -0.4 is 5.32 Å². The Morgan fingerprint density at radius 1 is 1.21 bits per heavy atom. The van der Waals surface area contributed by atoms with E-state index in [1.165, 1.54) is 58.2 Å². The van der Waals surface area contributed by atoms with Gasteiger partial charge in [-0.05, 0) is 52.4 Å². The van der Waals surface area contributed by atoms with Gasteiger partial charge in [0, 0.05) is 6.04 Å². The molecule has 0 unspecified atom stereocenters. The van der Waals surface area contributed by atoms with Crippen molar-refractivity contribution < 1.29 is 0 Å². The van der Waals surface area contributed by atoms with Gasteiger partial charge in [0.05, 0.1) is 0 Å². The molecule has 0 bridgehead atoms. The van der Waals surface area contributed by atoms with Crippen LogP contribution in [0.5, 0.6) is 0 Å². The summed E-state index contributed by atoms with van der Waals surface area (Å²) in [5.41, 5.74) is 0. The van der Waals surface area contributed by atoms with E-state index in [9.17, 15) is 0 Å². The first-order valence-corrected chi connectivity index (χ1v) is 6.25. The van der Waals surface area contributed by atoms with Gasteiger partial charge >= 0.3 is 0 Å². The summed E-state index contributed by atoms with van der Waals surface area (Å²) in [5.74, 6) is 0. The molecule has 14 heavy (non-hydrogen) atoms. The molecule has 1 aliphatic carbocycles. The van der Waals surface area contributed by atoms with Gasteiger partial charge < -0.3 is 10.2 Å². The number of hydrogen-bond donors (Lipinski definition) is 1. The summed E-state index contributed by atoms with van der Waals surface area (Å²) in [6.45, 7) is 5.84. The topological polar surface area (TPSA) is 15.3 Å². The van der Waals surface area contributed by atoms with Crippen molar-refractivity contribution >= 4 is 0 Å². The second-order valence-electron chi connectivity index (χ2n) is 4.52. The molecule has 0 amide bonds. The fourth-order valence-corrected chi connectivity index (χ4v) is 2.28. The number of nitrogens with zero attached hydrogens (tertiary/aromatic N) is 1. The van der Waals surface area contributed by atoms with Crippen LogP contribution in [0.4, 0.5) is 0 Å². The van der Waals surface area contributed by atoms with E-state index >= 15 is 0 Å². The Kier molecular flexibility index (Phi) is 6.20. The van der Waals surface area contributed by atoms with Crippen LogP contribution in [-0.2, 0) is 0 Å². The lowest BCUT2D eigenvalue weighted by atomic mass is 10.2. The van der Waals surface area contributed by atoms with Crippen LogP contribution in [0.15, 0.2) is 0 Å². The van der Waals surface area contributed by atoms with E-state index in [2.05, 4.69) is 24.2 Å². The van der Waals surface area contributed by atoms with Crippen molar-refractivity contribution in [3.8, 4) is 0 Å². The van der Waals surface area contributed by atoms with Gasteiger partial charge in [-0.25, -0.2) is 0 Å². The molecule has 0 aromatic carbocycles. The SMILES string of the molecule is CCCNCCCN(C)C1CCCC1. The summed E-state index contributed by atoms with van der Waals surface area (Å²) in [6.07, 6.45) is 8.30. The van der Waals surface area contributed by atoms with Gasteiger partial charge in [0.1, 0.15) is 0 Å². The summed E-state index contributed by atoms with van der Waals surface area (Å²) < 4.78 is 0. The van der Waals surface area contributed by atoms with Gasteiger partial charge in [0.25, 0.3) is 0 Å². The molecule has 0 saturated heterocycles. The molecule has 0 heterocycles. The maximum Gasteiger partial charge on any atom is 0.00922 e. The fourth-order valence-electron chi connectivity index (χ4n) is 2.28. The first kappa shape index (κ1) is 12.0. The molecule has 0 radical (unpaired) electrons. The average molecular weight is 198 g/mol. The molecule has 84 valence electrons. The predicted octanol–water partition coefficient (Wildman–Crippen LogP) is 2.25. The minimum Gasteiger partial charge on any atom is -0.317 e. The highest BCUT2D eigenvalue weighted by Gasteiger charge is 2.18. The third-order valence-corrected chi connectivity index (χ3v) is 3.24. The van der Waals surface area contributed by atoms with E-state index < -0.39 is 0 Å². The lowest BCUT2D eigenvalue weighted by molar-refractivity contribution is 0.242. The Morgan fingerprint density at radius 3 is 2.57 bits per heavy atom. The van der Waals surface area contributed by atoms with Crippen molar-refractivity contribution in [1.82, 2.24) is 10.2 Å². The lowest BCUT2D eigenvalue weighted by Crippen LogP contribution is -2.31. The molecule has 1 fully saturated rings. The zero-order valence-electron chi connectivity index (χ0n) is 9.89. The molecular weight excluding hydrogens is 172 g/mol. The monoisotopic (exact) mass is 198 g/mol. The lowest BCUT2D eigenvalue weighted by Gasteiger charge is -2.23. The highest BCUT2D eigenvalue weighted by molar-refractivity contribution is 4.75. The summed E-state index contributed by atoms with van der Waals surface area (Å²) >= 11 is 0. The zero-order chi connectivity index (χ0) is 10.2. The fraction of sp³-hybridized carbons (Fsp3) is 1.00. The van der Waals surface area contributed by atoms with Crippen molar-refractivity contribution in [2.75, 3.05) is 26.7 Å². The molecule has 2 heteroatoms. The Labute approximate surface area is 89.1 Å². The molecule has 1 saturated carbocycles. The molecule has 0 aliphatic heterocycles. The molecular formula is C12H26N2. The second-order valence-corrected chi connectivity index (χ2v) is 4.52. The third-order valence-electron chi connectivity index (χ3n) is 3.24. The maximum atomic E-state index is 3.45. The van der Waals surface area contributed by atoms with Crippen LogP contribution in [0.3, 0.4) is 0 Å². The standard InChI is InChI=1S/C12H26N2/c1-3-9-13-10-6-11-14(2)12-7-4-5-8-12/h12-13H,3-11H2,1-2H3. The van der Waals surface area contributed by atoms with Gasteiger partial charge in [-0.1, -0.05) is 19.8 Å². The van der Waals surface area contributed by atoms with Crippen LogP contribution >= 0.6 is 0 Å². The normalized spacial score (nSPS) is 18.2. The minimum atomic E-state index is 0.890. The molecule has 2 nitrogen and oxygen atoms in total. The number of nitrogens with one attached hydrogen (secondary N) is 1. The van der Waals surface area contributed by atoms with Crippen molar-refractivity contribution in [1.29, 1.82) is 0 Å². The third kappa shape index (κ3) is 4.43. The van der Waals surface area contributed by atoms with Crippen molar-refractivity contribution in [2.45, 2.75) is 51.5 Å². The zero-order valence-corrected chi connectivity index (χ0v) is 9.89. The van der Waals surface area contributed by atoms with Gasteiger partial charge in [0.2, 0.25) is 0 Å². The van der Waals surface area contributed by atoms with Crippen molar-refractivity contribution in [2.24, 2.45) is 0 Å². The maximum absolute atomic E-state index is 3.45. The first-order valence-electron chi connectivity index (χ1n) is 6.25. The van der Waals surface area contributed by atoms with Gasteiger partial charge in [-0.15, -0.1) is 0 Å². The summed E-state index contributed by atoms with van der Waals surface area (Å²) in [6, 6.07) is 0.890. The molecule has 1 N–H and O–H groups in total. The summed E-state index contributed by atoms with van der Waals surface area (Å²) in [4.78, 5) is 2.56. The van der Waals surface area contributed by atoms with Crippen molar-refractivity contribution in [3.63, 3.8) is 0 Å². The highest BCUT2D eigenvalue weighted by Crippen LogP contribution is 2.22. The van der Waals surface area contributed by atoms with Crippen LogP contribution in [0, 0.1) is 0 Å². The largest absolute Gasteiger partial charge is 0.317 e. The van der Waals surface area contributed by atoms with Crippen LogP contribution in [-0.4, -0.2) is 37.6 Å². The van der Waals surface area contributed by atoms with Crippen LogP contribution in [0.25, 0.3) is 0 Å². The molecule has 0 spiro atoms. The van der Waals surface area contributed by atoms with Gasteiger partial charge in [0.15, 0.2) is 0 Å².